The van der Waals surface area contributed by atoms with Crippen molar-refractivity contribution in [1.29, 1.82) is 0 Å². The van der Waals surface area contributed by atoms with Gasteiger partial charge in [-0.3, -0.25) is 9.69 Å². The monoisotopic (exact) mass is 296 g/mol. The SMILES string of the molecule is CN(C)C(=O)CCN(Cc1cccc2ccccc12)C1CC1. The maximum Gasteiger partial charge on any atom is 0.223 e. The number of benzene rings is 2. The van der Waals surface area contributed by atoms with Crippen molar-refractivity contribution in [3.05, 3.63) is 48.0 Å². The largest absolute Gasteiger partial charge is 0.349 e. The van der Waals surface area contributed by atoms with E-state index in [4.69, 9.17) is 0 Å². The average molecular weight is 296 g/mol. The molecule has 3 rings (SSSR count). The highest BCUT2D eigenvalue weighted by Crippen LogP contribution is 2.30. The first-order valence-electron chi connectivity index (χ1n) is 8.06. The molecule has 1 fully saturated rings. The third-order valence-corrected chi connectivity index (χ3v) is 4.43. The molecule has 0 radical (unpaired) electrons. The van der Waals surface area contributed by atoms with E-state index in [1.54, 1.807) is 4.90 Å². The summed E-state index contributed by atoms with van der Waals surface area (Å²) < 4.78 is 0. The van der Waals surface area contributed by atoms with Gasteiger partial charge in [0.05, 0.1) is 0 Å². The van der Waals surface area contributed by atoms with Crippen LogP contribution in [0.3, 0.4) is 0 Å². The Labute approximate surface area is 132 Å². The molecule has 0 bridgehead atoms. The fourth-order valence-electron chi connectivity index (χ4n) is 2.94. The topological polar surface area (TPSA) is 23.6 Å². The van der Waals surface area contributed by atoms with E-state index in [9.17, 15) is 4.79 Å². The predicted molar refractivity (Wildman–Crippen MR) is 90.7 cm³/mol. The van der Waals surface area contributed by atoms with Crippen LogP contribution in [0.2, 0.25) is 0 Å². The van der Waals surface area contributed by atoms with Crippen LogP contribution in [-0.4, -0.2) is 42.4 Å². The van der Waals surface area contributed by atoms with Crippen LogP contribution in [-0.2, 0) is 11.3 Å². The van der Waals surface area contributed by atoms with Crippen LogP contribution in [0.5, 0.6) is 0 Å². The van der Waals surface area contributed by atoms with Crippen LogP contribution >= 0.6 is 0 Å². The molecule has 0 unspecified atom stereocenters. The standard InChI is InChI=1S/C19H24N2O/c1-20(2)19(22)12-13-21(17-10-11-17)14-16-8-5-7-15-6-3-4-9-18(15)16/h3-9,17H,10-14H2,1-2H3. The van der Waals surface area contributed by atoms with Crippen molar-refractivity contribution in [2.24, 2.45) is 0 Å². The lowest BCUT2D eigenvalue weighted by atomic mass is 10.0. The van der Waals surface area contributed by atoms with Crippen LogP contribution in [0.1, 0.15) is 24.8 Å². The Bertz CT molecular complexity index is 656. The zero-order valence-corrected chi connectivity index (χ0v) is 13.5. The second-order valence-corrected chi connectivity index (χ2v) is 6.38. The lowest BCUT2D eigenvalue weighted by molar-refractivity contribution is -0.129. The molecule has 3 heteroatoms. The minimum absolute atomic E-state index is 0.212. The van der Waals surface area contributed by atoms with Crippen molar-refractivity contribution in [3.8, 4) is 0 Å². The Hall–Kier alpha value is -1.87. The Morgan fingerprint density at radius 1 is 1.09 bits per heavy atom. The molecular weight excluding hydrogens is 272 g/mol. The minimum Gasteiger partial charge on any atom is -0.349 e. The predicted octanol–water partition coefficient (Wildman–Crippen LogP) is 3.28. The van der Waals surface area contributed by atoms with E-state index in [-0.39, 0.29) is 5.91 Å². The molecule has 0 N–H and O–H groups in total. The second kappa shape index (κ2) is 6.49. The summed E-state index contributed by atoms with van der Waals surface area (Å²) in [6, 6.07) is 15.7. The maximum absolute atomic E-state index is 11.9. The summed E-state index contributed by atoms with van der Waals surface area (Å²) in [4.78, 5) is 16.0. The number of nitrogens with zero attached hydrogens (tertiary/aromatic N) is 2. The van der Waals surface area contributed by atoms with E-state index in [2.05, 4.69) is 47.4 Å². The third kappa shape index (κ3) is 3.47. The first kappa shape index (κ1) is 15.0. The van der Waals surface area contributed by atoms with Gasteiger partial charge in [-0.05, 0) is 29.2 Å². The normalized spacial score (nSPS) is 14.5. The van der Waals surface area contributed by atoms with E-state index < -0.39 is 0 Å². The molecule has 0 atom stereocenters. The molecule has 3 nitrogen and oxygen atoms in total. The number of carbonyl (C=O) groups excluding carboxylic acids is 1. The molecule has 0 spiro atoms. The Balaban J connectivity index is 1.74. The zero-order valence-electron chi connectivity index (χ0n) is 13.5. The molecular formula is C19H24N2O. The molecule has 22 heavy (non-hydrogen) atoms. The molecule has 0 heterocycles. The van der Waals surface area contributed by atoms with E-state index in [0.717, 1.165) is 13.1 Å². The summed E-state index contributed by atoms with van der Waals surface area (Å²) >= 11 is 0. The Kier molecular flexibility index (Phi) is 4.44. The van der Waals surface area contributed by atoms with Crippen LogP contribution in [0.25, 0.3) is 10.8 Å². The van der Waals surface area contributed by atoms with Crippen molar-refractivity contribution in [2.75, 3.05) is 20.6 Å². The molecule has 2 aromatic carbocycles. The van der Waals surface area contributed by atoms with Gasteiger partial charge in [0.15, 0.2) is 0 Å². The molecule has 116 valence electrons. The fraction of sp³-hybridized carbons (Fsp3) is 0.421. The van der Waals surface area contributed by atoms with E-state index in [0.29, 0.717) is 12.5 Å². The quantitative estimate of drug-likeness (QED) is 0.816. The summed E-state index contributed by atoms with van der Waals surface area (Å²) in [5.41, 5.74) is 1.36. The van der Waals surface area contributed by atoms with Crippen molar-refractivity contribution in [3.63, 3.8) is 0 Å². The Morgan fingerprint density at radius 3 is 2.55 bits per heavy atom. The first-order chi connectivity index (χ1) is 10.6. The third-order valence-electron chi connectivity index (χ3n) is 4.43. The highest BCUT2D eigenvalue weighted by molar-refractivity contribution is 5.85. The van der Waals surface area contributed by atoms with Crippen LogP contribution < -0.4 is 0 Å². The van der Waals surface area contributed by atoms with Gasteiger partial charge < -0.3 is 4.90 Å². The lowest BCUT2D eigenvalue weighted by Crippen LogP contribution is -2.31. The van der Waals surface area contributed by atoms with E-state index in [1.165, 1.54) is 29.2 Å². The minimum atomic E-state index is 0.212. The van der Waals surface area contributed by atoms with Gasteiger partial charge in [0.25, 0.3) is 0 Å². The Morgan fingerprint density at radius 2 is 1.82 bits per heavy atom. The molecule has 1 aliphatic carbocycles. The fourth-order valence-corrected chi connectivity index (χ4v) is 2.94. The average Bonchev–Trinajstić information content (AvgIpc) is 3.36. The van der Waals surface area contributed by atoms with Crippen LogP contribution in [0.15, 0.2) is 42.5 Å². The van der Waals surface area contributed by atoms with Gasteiger partial charge in [-0.2, -0.15) is 0 Å². The number of carbonyl (C=O) groups is 1. The summed E-state index contributed by atoms with van der Waals surface area (Å²) in [5, 5.41) is 2.62. The van der Waals surface area contributed by atoms with Crippen molar-refractivity contribution in [1.82, 2.24) is 9.80 Å². The molecule has 0 aromatic heterocycles. The number of fused-ring (bicyclic) bond motifs is 1. The molecule has 1 aliphatic rings. The van der Waals surface area contributed by atoms with Gasteiger partial charge >= 0.3 is 0 Å². The van der Waals surface area contributed by atoms with Gasteiger partial charge in [-0.15, -0.1) is 0 Å². The highest BCUT2D eigenvalue weighted by atomic mass is 16.2. The summed E-state index contributed by atoms with van der Waals surface area (Å²) in [5.74, 6) is 0.212. The maximum atomic E-state index is 11.9. The van der Waals surface area contributed by atoms with Crippen LogP contribution in [0, 0.1) is 0 Å². The van der Waals surface area contributed by atoms with Crippen molar-refractivity contribution >= 4 is 16.7 Å². The molecule has 1 saturated carbocycles. The zero-order chi connectivity index (χ0) is 15.5. The lowest BCUT2D eigenvalue weighted by Gasteiger charge is -2.23. The van der Waals surface area contributed by atoms with Gasteiger partial charge in [-0.25, -0.2) is 0 Å². The van der Waals surface area contributed by atoms with Crippen molar-refractivity contribution < 1.29 is 4.79 Å². The van der Waals surface area contributed by atoms with Gasteiger partial charge in [0.2, 0.25) is 5.91 Å². The highest BCUT2D eigenvalue weighted by Gasteiger charge is 2.29. The van der Waals surface area contributed by atoms with E-state index in [1.807, 2.05) is 14.1 Å². The number of amides is 1. The summed E-state index contributed by atoms with van der Waals surface area (Å²) in [6.45, 7) is 1.79. The molecule has 1 amide bonds. The molecule has 2 aromatic rings. The summed E-state index contributed by atoms with van der Waals surface area (Å²) in [6.07, 6.45) is 3.14. The van der Waals surface area contributed by atoms with Gasteiger partial charge in [0.1, 0.15) is 0 Å². The first-order valence-corrected chi connectivity index (χ1v) is 8.06. The summed E-state index contributed by atoms with van der Waals surface area (Å²) in [7, 11) is 3.66. The van der Waals surface area contributed by atoms with Gasteiger partial charge in [-0.1, -0.05) is 42.5 Å². The molecule has 0 aliphatic heterocycles. The smallest absolute Gasteiger partial charge is 0.223 e. The van der Waals surface area contributed by atoms with Crippen molar-refractivity contribution in [2.45, 2.75) is 31.8 Å². The number of hydrogen-bond donors (Lipinski definition) is 0. The number of hydrogen-bond acceptors (Lipinski definition) is 2. The second-order valence-electron chi connectivity index (χ2n) is 6.38. The van der Waals surface area contributed by atoms with E-state index >= 15 is 0 Å². The van der Waals surface area contributed by atoms with Crippen LogP contribution in [0.4, 0.5) is 0 Å². The molecule has 0 saturated heterocycles. The van der Waals surface area contributed by atoms with Gasteiger partial charge in [0, 0.05) is 39.6 Å². The number of rotatable bonds is 6.